The van der Waals surface area contributed by atoms with Gasteiger partial charge in [0.2, 0.25) is 11.8 Å². The average Bonchev–Trinajstić information content (AvgIpc) is 2.47. The topological polar surface area (TPSA) is 90.7 Å². The molecule has 2 aliphatic rings. The normalized spacial score (nSPS) is 22.3. The van der Waals surface area contributed by atoms with Gasteiger partial charge in [0.1, 0.15) is 0 Å². The minimum Gasteiger partial charge on any atom is -0.342 e. The van der Waals surface area contributed by atoms with Crippen molar-refractivity contribution < 1.29 is 9.59 Å². The first-order valence-corrected chi connectivity index (χ1v) is 6.92. The zero-order valence-corrected chi connectivity index (χ0v) is 11.2. The molecule has 2 aliphatic heterocycles. The predicted octanol–water partition coefficient (Wildman–Crippen LogP) is -1.88. The summed E-state index contributed by atoms with van der Waals surface area (Å²) in [4.78, 5) is 27.6. The number of nitrogens with one attached hydrogen (secondary N) is 2. The summed E-state index contributed by atoms with van der Waals surface area (Å²) in [5.41, 5.74) is 2.19. The molecule has 0 aromatic heterocycles. The second kappa shape index (κ2) is 6.83. The maximum absolute atomic E-state index is 12.2. The number of nitrogens with two attached hydrogens (primary N) is 1. The molecule has 2 amide bonds. The van der Waals surface area contributed by atoms with Crippen LogP contribution in [0.2, 0.25) is 0 Å². The van der Waals surface area contributed by atoms with E-state index in [9.17, 15) is 9.59 Å². The average molecular weight is 269 g/mol. The zero-order chi connectivity index (χ0) is 13.7. The van der Waals surface area contributed by atoms with Crippen molar-refractivity contribution in [2.75, 3.05) is 45.8 Å². The van der Waals surface area contributed by atoms with E-state index in [4.69, 9.17) is 5.84 Å². The Hall–Kier alpha value is -1.18. The predicted molar refractivity (Wildman–Crippen MR) is 70.9 cm³/mol. The van der Waals surface area contributed by atoms with Gasteiger partial charge in [-0.15, -0.1) is 0 Å². The van der Waals surface area contributed by atoms with E-state index in [-0.39, 0.29) is 17.7 Å². The molecule has 7 nitrogen and oxygen atoms in total. The zero-order valence-electron chi connectivity index (χ0n) is 11.2. The number of hydrazine groups is 1. The Morgan fingerprint density at radius 2 is 1.79 bits per heavy atom. The molecule has 0 atom stereocenters. The quantitative estimate of drug-likeness (QED) is 0.317. The number of carbonyl (C=O) groups is 2. The van der Waals surface area contributed by atoms with Crippen LogP contribution in [0.25, 0.3) is 0 Å². The Kier molecular flexibility index (Phi) is 5.12. The Morgan fingerprint density at radius 1 is 1.16 bits per heavy atom. The molecule has 4 N–H and O–H groups in total. The first-order chi connectivity index (χ1) is 9.20. The van der Waals surface area contributed by atoms with Crippen molar-refractivity contribution in [1.82, 2.24) is 20.5 Å². The summed E-state index contributed by atoms with van der Waals surface area (Å²) >= 11 is 0. The highest BCUT2D eigenvalue weighted by atomic mass is 16.2. The van der Waals surface area contributed by atoms with Gasteiger partial charge in [-0.05, 0) is 12.8 Å². The molecule has 2 heterocycles. The third-order valence-corrected chi connectivity index (χ3v) is 3.93. The Bertz CT molecular complexity index is 322. The molecule has 2 fully saturated rings. The largest absolute Gasteiger partial charge is 0.342 e. The smallest absolute Gasteiger partial charge is 0.237 e. The van der Waals surface area contributed by atoms with Crippen LogP contribution < -0.4 is 16.6 Å². The molecule has 0 saturated carbocycles. The second-order valence-corrected chi connectivity index (χ2v) is 5.19. The number of likely N-dealkylation sites (tertiary alicyclic amines) is 1. The van der Waals surface area contributed by atoms with Crippen LogP contribution in [0.3, 0.4) is 0 Å². The van der Waals surface area contributed by atoms with Crippen molar-refractivity contribution >= 4 is 11.8 Å². The molecular weight excluding hydrogens is 246 g/mol. The van der Waals surface area contributed by atoms with Gasteiger partial charge in [0, 0.05) is 45.2 Å². The number of piperidine rings is 1. The van der Waals surface area contributed by atoms with Crippen molar-refractivity contribution in [2.24, 2.45) is 11.8 Å². The number of carbonyl (C=O) groups excluding carboxylic acids is 2. The minimum absolute atomic E-state index is 0.0479. The number of hydrogen-bond donors (Lipinski definition) is 3. The monoisotopic (exact) mass is 269 g/mol. The summed E-state index contributed by atoms with van der Waals surface area (Å²) in [6.07, 6.45) is 1.41. The van der Waals surface area contributed by atoms with Crippen LogP contribution in [0.5, 0.6) is 0 Å². The highest BCUT2D eigenvalue weighted by molar-refractivity contribution is 5.80. The SMILES string of the molecule is NNC(=O)C1CCN(C(=O)CN2CCNCC2)CC1. The van der Waals surface area contributed by atoms with E-state index in [0.29, 0.717) is 32.5 Å². The maximum atomic E-state index is 12.2. The number of nitrogens with zero attached hydrogens (tertiary/aromatic N) is 2. The summed E-state index contributed by atoms with van der Waals surface area (Å²) in [6, 6.07) is 0. The molecule has 2 rings (SSSR count). The summed E-state index contributed by atoms with van der Waals surface area (Å²) < 4.78 is 0. The lowest BCUT2D eigenvalue weighted by Gasteiger charge is -2.33. The third-order valence-electron chi connectivity index (χ3n) is 3.93. The summed E-state index contributed by atoms with van der Waals surface area (Å²) in [6.45, 7) is 5.56. The van der Waals surface area contributed by atoms with Gasteiger partial charge in [0.25, 0.3) is 0 Å². The Labute approximate surface area is 113 Å². The molecule has 0 aromatic rings. The molecule has 2 saturated heterocycles. The van der Waals surface area contributed by atoms with Crippen LogP contribution >= 0.6 is 0 Å². The lowest BCUT2D eigenvalue weighted by molar-refractivity contribution is -0.136. The summed E-state index contributed by atoms with van der Waals surface area (Å²) in [5, 5.41) is 3.27. The highest BCUT2D eigenvalue weighted by Crippen LogP contribution is 2.17. The summed E-state index contributed by atoms with van der Waals surface area (Å²) in [7, 11) is 0. The number of amides is 2. The molecule has 7 heteroatoms. The summed E-state index contributed by atoms with van der Waals surface area (Å²) in [5.74, 6) is 5.14. The number of hydrogen-bond acceptors (Lipinski definition) is 5. The molecule has 0 radical (unpaired) electrons. The van der Waals surface area contributed by atoms with Crippen LogP contribution in [-0.4, -0.2) is 67.4 Å². The van der Waals surface area contributed by atoms with Crippen LogP contribution in [-0.2, 0) is 9.59 Å². The van der Waals surface area contributed by atoms with Crippen LogP contribution in [0.15, 0.2) is 0 Å². The van der Waals surface area contributed by atoms with E-state index in [1.807, 2.05) is 4.90 Å². The van der Waals surface area contributed by atoms with Gasteiger partial charge in [-0.2, -0.15) is 0 Å². The van der Waals surface area contributed by atoms with Crippen molar-refractivity contribution in [3.8, 4) is 0 Å². The Morgan fingerprint density at radius 3 is 2.37 bits per heavy atom. The van der Waals surface area contributed by atoms with E-state index >= 15 is 0 Å². The van der Waals surface area contributed by atoms with Crippen molar-refractivity contribution in [3.05, 3.63) is 0 Å². The molecule has 0 aliphatic carbocycles. The molecule has 0 unspecified atom stereocenters. The number of rotatable bonds is 3. The molecule has 108 valence electrons. The second-order valence-electron chi connectivity index (χ2n) is 5.19. The lowest BCUT2D eigenvalue weighted by Crippen LogP contribution is -2.50. The van der Waals surface area contributed by atoms with Crippen LogP contribution in [0.1, 0.15) is 12.8 Å². The molecule has 0 bridgehead atoms. The van der Waals surface area contributed by atoms with Crippen molar-refractivity contribution in [1.29, 1.82) is 0 Å². The third kappa shape index (κ3) is 3.89. The fraction of sp³-hybridized carbons (Fsp3) is 0.833. The van der Waals surface area contributed by atoms with Crippen molar-refractivity contribution in [2.45, 2.75) is 12.8 Å². The Balaban J connectivity index is 1.74. The molecule has 0 aromatic carbocycles. The van der Waals surface area contributed by atoms with Crippen LogP contribution in [0.4, 0.5) is 0 Å². The first-order valence-electron chi connectivity index (χ1n) is 6.92. The van der Waals surface area contributed by atoms with Gasteiger partial charge < -0.3 is 10.2 Å². The lowest BCUT2D eigenvalue weighted by atomic mass is 9.96. The van der Waals surface area contributed by atoms with E-state index in [0.717, 1.165) is 26.2 Å². The highest BCUT2D eigenvalue weighted by Gasteiger charge is 2.27. The fourth-order valence-corrected chi connectivity index (χ4v) is 2.67. The van der Waals surface area contributed by atoms with E-state index in [1.165, 1.54) is 0 Å². The molecule has 19 heavy (non-hydrogen) atoms. The van der Waals surface area contributed by atoms with Gasteiger partial charge >= 0.3 is 0 Å². The van der Waals surface area contributed by atoms with E-state index in [1.54, 1.807) is 0 Å². The van der Waals surface area contributed by atoms with E-state index in [2.05, 4.69) is 15.6 Å². The van der Waals surface area contributed by atoms with Gasteiger partial charge in [-0.25, -0.2) is 5.84 Å². The standard InChI is InChI=1S/C12H23N5O2/c13-15-12(19)10-1-5-17(6-2-10)11(18)9-16-7-3-14-4-8-16/h10,14H,1-9,13H2,(H,15,19). The van der Waals surface area contributed by atoms with Gasteiger partial charge in [0.15, 0.2) is 0 Å². The maximum Gasteiger partial charge on any atom is 0.237 e. The van der Waals surface area contributed by atoms with E-state index < -0.39 is 0 Å². The van der Waals surface area contributed by atoms with Crippen LogP contribution in [0, 0.1) is 5.92 Å². The molecular formula is C12H23N5O2. The minimum atomic E-state index is -0.116. The number of piperazine rings is 1. The van der Waals surface area contributed by atoms with Gasteiger partial charge in [-0.3, -0.25) is 19.9 Å². The fourth-order valence-electron chi connectivity index (χ4n) is 2.67. The molecule has 0 spiro atoms. The van der Waals surface area contributed by atoms with Gasteiger partial charge in [0.05, 0.1) is 6.54 Å². The first kappa shape index (κ1) is 14.2. The van der Waals surface area contributed by atoms with Crippen molar-refractivity contribution in [3.63, 3.8) is 0 Å². The van der Waals surface area contributed by atoms with Gasteiger partial charge in [-0.1, -0.05) is 0 Å².